The SMILES string of the molecule is CCOC(=O)C1=C(O)N=C2CCCCN2C1C. The van der Waals surface area contributed by atoms with Gasteiger partial charge in [0.25, 0.3) is 0 Å². The Morgan fingerprint density at radius 2 is 2.35 bits per heavy atom. The van der Waals surface area contributed by atoms with Crippen LogP contribution in [0.5, 0.6) is 0 Å². The Labute approximate surface area is 101 Å². The second kappa shape index (κ2) is 4.77. The third-order valence-electron chi connectivity index (χ3n) is 3.24. The van der Waals surface area contributed by atoms with E-state index >= 15 is 0 Å². The fraction of sp³-hybridized carbons (Fsp3) is 0.667. The zero-order valence-corrected chi connectivity index (χ0v) is 10.3. The molecule has 1 atom stereocenters. The molecule has 2 aliphatic heterocycles. The van der Waals surface area contributed by atoms with E-state index in [1.165, 1.54) is 0 Å². The van der Waals surface area contributed by atoms with Gasteiger partial charge in [0.15, 0.2) is 0 Å². The lowest BCUT2D eigenvalue weighted by Crippen LogP contribution is -2.47. The Morgan fingerprint density at radius 1 is 1.59 bits per heavy atom. The first kappa shape index (κ1) is 12.0. The van der Waals surface area contributed by atoms with Gasteiger partial charge in [-0.3, -0.25) is 0 Å². The van der Waals surface area contributed by atoms with E-state index in [1.54, 1.807) is 6.92 Å². The lowest BCUT2D eigenvalue weighted by Gasteiger charge is -2.38. The molecule has 0 aromatic carbocycles. The molecule has 2 rings (SSSR count). The van der Waals surface area contributed by atoms with Gasteiger partial charge in [-0.2, -0.15) is 0 Å². The van der Waals surface area contributed by atoms with Crippen molar-refractivity contribution in [3.63, 3.8) is 0 Å². The predicted molar refractivity (Wildman–Crippen MR) is 63.7 cm³/mol. The Balaban J connectivity index is 2.29. The molecule has 5 nitrogen and oxygen atoms in total. The smallest absolute Gasteiger partial charge is 0.341 e. The van der Waals surface area contributed by atoms with Crippen LogP contribution in [0.1, 0.15) is 33.1 Å². The van der Waals surface area contributed by atoms with Crippen LogP contribution in [0.2, 0.25) is 0 Å². The molecule has 94 valence electrons. The molecule has 0 aromatic heterocycles. The highest BCUT2D eigenvalue weighted by Gasteiger charge is 2.34. The Morgan fingerprint density at radius 3 is 3.06 bits per heavy atom. The van der Waals surface area contributed by atoms with Crippen molar-refractivity contribution in [1.82, 2.24) is 4.90 Å². The van der Waals surface area contributed by atoms with Crippen molar-refractivity contribution < 1.29 is 14.6 Å². The van der Waals surface area contributed by atoms with Gasteiger partial charge in [0.2, 0.25) is 5.88 Å². The first-order valence-electron chi connectivity index (χ1n) is 6.09. The molecule has 0 spiro atoms. The average molecular weight is 238 g/mol. The van der Waals surface area contributed by atoms with Crippen LogP contribution in [0.3, 0.4) is 0 Å². The van der Waals surface area contributed by atoms with E-state index in [4.69, 9.17) is 4.74 Å². The third-order valence-corrected chi connectivity index (χ3v) is 3.24. The summed E-state index contributed by atoms with van der Waals surface area (Å²) in [7, 11) is 0. The number of carbonyl (C=O) groups excluding carboxylic acids is 1. The summed E-state index contributed by atoms with van der Waals surface area (Å²) in [4.78, 5) is 18.0. The minimum Gasteiger partial charge on any atom is -0.493 e. The van der Waals surface area contributed by atoms with Gasteiger partial charge in [0, 0.05) is 13.0 Å². The Hall–Kier alpha value is -1.52. The van der Waals surface area contributed by atoms with Crippen LogP contribution < -0.4 is 0 Å². The summed E-state index contributed by atoms with van der Waals surface area (Å²) >= 11 is 0. The van der Waals surface area contributed by atoms with Crippen molar-refractivity contribution in [3.05, 3.63) is 11.5 Å². The van der Waals surface area contributed by atoms with Crippen molar-refractivity contribution >= 4 is 11.8 Å². The molecule has 1 unspecified atom stereocenters. The number of rotatable bonds is 2. The minimum absolute atomic E-state index is 0.151. The zero-order valence-electron chi connectivity index (χ0n) is 10.3. The van der Waals surface area contributed by atoms with Crippen LogP contribution in [-0.2, 0) is 9.53 Å². The molecule has 5 heteroatoms. The Bertz CT molecular complexity index is 387. The number of fused-ring (bicyclic) bond motifs is 1. The summed E-state index contributed by atoms with van der Waals surface area (Å²) in [5.41, 5.74) is 0.275. The second-order valence-corrected chi connectivity index (χ2v) is 4.31. The highest BCUT2D eigenvalue weighted by molar-refractivity contribution is 5.95. The van der Waals surface area contributed by atoms with Crippen LogP contribution in [0.4, 0.5) is 0 Å². The number of piperidine rings is 1. The van der Waals surface area contributed by atoms with Gasteiger partial charge in [0.1, 0.15) is 11.4 Å². The highest BCUT2D eigenvalue weighted by atomic mass is 16.5. The molecule has 2 aliphatic rings. The maximum Gasteiger partial charge on any atom is 0.341 e. The Kier molecular flexibility index (Phi) is 3.36. The highest BCUT2D eigenvalue weighted by Crippen LogP contribution is 2.27. The van der Waals surface area contributed by atoms with E-state index in [1.807, 2.05) is 6.92 Å². The number of carbonyl (C=O) groups is 1. The standard InChI is InChI=1S/C12H18N2O3/c1-3-17-12(16)10-8(2)14-7-5-4-6-9(14)13-11(10)15/h8,15H,3-7H2,1-2H3. The van der Waals surface area contributed by atoms with Gasteiger partial charge in [-0.1, -0.05) is 0 Å². The fourth-order valence-corrected chi connectivity index (χ4v) is 2.37. The van der Waals surface area contributed by atoms with Crippen molar-refractivity contribution in [1.29, 1.82) is 0 Å². The molecular weight excluding hydrogens is 220 g/mol. The molecule has 1 fully saturated rings. The summed E-state index contributed by atoms with van der Waals surface area (Å²) in [6.07, 6.45) is 3.05. The van der Waals surface area contributed by atoms with E-state index in [0.717, 1.165) is 31.6 Å². The lowest BCUT2D eigenvalue weighted by molar-refractivity contribution is -0.139. The van der Waals surface area contributed by atoms with Gasteiger partial charge < -0.3 is 14.7 Å². The van der Waals surface area contributed by atoms with Gasteiger partial charge in [-0.25, -0.2) is 9.79 Å². The molecule has 0 saturated carbocycles. The van der Waals surface area contributed by atoms with E-state index in [-0.39, 0.29) is 17.5 Å². The first-order valence-corrected chi connectivity index (χ1v) is 6.09. The van der Waals surface area contributed by atoms with Crippen molar-refractivity contribution in [2.24, 2.45) is 4.99 Å². The number of aliphatic hydroxyl groups excluding tert-OH is 1. The summed E-state index contributed by atoms with van der Waals surface area (Å²) in [6.45, 7) is 4.84. The molecular formula is C12H18N2O3. The number of esters is 1. The van der Waals surface area contributed by atoms with Crippen LogP contribution >= 0.6 is 0 Å². The quantitative estimate of drug-likeness (QED) is 0.742. The normalized spacial score (nSPS) is 24.2. The van der Waals surface area contributed by atoms with Crippen molar-refractivity contribution in [2.75, 3.05) is 13.2 Å². The van der Waals surface area contributed by atoms with Gasteiger partial charge in [0.05, 0.1) is 12.6 Å². The number of aliphatic imine (C=N–C) groups is 1. The summed E-state index contributed by atoms with van der Waals surface area (Å²) in [5, 5.41) is 9.84. The van der Waals surface area contributed by atoms with E-state index < -0.39 is 5.97 Å². The van der Waals surface area contributed by atoms with Gasteiger partial charge >= 0.3 is 5.97 Å². The van der Waals surface area contributed by atoms with Crippen molar-refractivity contribution in [3.8, 4) is 0 Å². The lowest BCUT2D eigenvalue weighted by atomic mass is 10.0. The van der Waals surface area contributed by atoms with Gasteiger partial charge in [-0.15, -0.1) is 0 Å². The number of nitrogens with zero attached hydrogens (tertiary/aromatic N) is 2. The van der Waals surface area contributed by atoms with Crippen LogP contribution in [0.25, 0.3) is 0 Å². The number of aliphatic hydroxyl groups is 1. The number of hydrogen-bond acceptors (Lipinski definition) is 5. The van der Waals surface area contributed by atoms with Crippen molar-refractivity contribution in [2.45, 2.75) is 39.2 Å². The number of hydrogen-bond donors (Lipinski definition) is 1. The van der Waals surface area contributed by atoms with Crippen LogP contribution in [0, 0.1) is 0 Å². The topological polar surface area (TPSA) is 62.1 Å². The van der Waals surface area contributed by atoms with E-state index in [0.29, 0.717) is 6.61 Å². The predicted octanol–water partition coefficient (Wildman–Crippen LogP) is 1.61. The number of ether oxygens (including phenoxy) is 1. The second-order valence-electron chi connectivity index (χ2n) is 4.31. The molecule has 0 bridgehead atoms. The monoisotopic (exact) mass is 238 g/mol. The third kappa shape index (κ3) is 2.14. The molecule has 1 saturated heterocycles. The zero-order chi connectivity index (χ0) is 12.4. The van der Waals surface area contributed by atoms with Gasteiger partial charge in [-0.05, 0) is 26.7 Å². The summed E-state index contributed by atoms with van der Waals surface area (Å²) in [6, 6.07) is -0.151. The summed E-state index contributed by atoms with van der Waals surface area (Å²) in [5.74, 6) is 0.240. The van der Waals surface area contributed by atoms with Crippen LogP contribution in [-0.4, -0.2) is 41.0 Å². The number of amidine groups is 1. The molecule has 0 amide bonds. The molecule has 1 N–H and O–H groups in total. The maximum atomic E-state index is 11.8. The van der Waals surface area contributed by atoms with Crippen LogP contribution in [0.15, 0.2) is 16.4 Å². The largest absolute Gasteiger partial charge is 0.493 e. The molecule has 0 aromatic rings. The fourth-order valence-electron chi connectivity index (χ4n) is 2.37. The molecule has 17 heavy (non-hydrogen) atoms. The minimum atomic E-state index is -0.467. The average Bonchev–Trinajstić information content (AvgIpc) is 2.29. The molecule has 0 aliphatic carbocycles. The molecule has 2 heterocycles. The van der Waals surface area contributed by atoms with E-state index in [2.05, 4.69) is 9.89 Å². The molecule has 0 radical (unpaired) electrons. The summed E-state index contributed by atoms with van der Waals surface area (Å²) < 4.78 is 4.95. The maximum absolute atomic E-state index is 11.8. The van der Waals surface area contributed by atoms with E-state index in [9.17, 15) is 9.90 Å². The first-order chi connectivity index (χ1) is 8.15.